The van der Waals surface area contributed by atoms with Gasteiger partial charge in [-0.1, -0.05) is 6.08 Å². The first kappa shape index (κ1) is 12.5. The number of anilines is 1. The first-order valence-corrected chi connectivity index (χ1v) is 5.36. The van der Waals surface area contributed by atoms with E-state index >= 15 is 0 Å². The molecule has 0 aliphatic carbocycles. The Hall–Kier alpha value is -1.55. The van der Waals surface area contributed by atoms with Crippen LogP contribution in [0.1, 0.15) is 0 Å². The molecule has 1 aromatic carbocycles. The van der Waals surface area contributed by atoms with Gasteiger partial charge in [0.15, 0.2) is 5.11 Å². The number of nitrogens with zero attached hydrogens (tertiary/aromatic N) is 1. The molecule has 0 fully saturated rings. The summed E-state index contributed by atoms with van der Waals surface area (Å²) in [7, 11) is 3.56. The Morgan fingerprint density at radius 1 is 1.50 bits per heavy atom. The van der Waals surface area contributed by atoms with Gasteiger partial charge in [0.05, 0.1) is 7.11 Å². The third-order valence-corrected chi connectivity index (χ3v) is 2.58. The fourth-order valence-corrected chi connectivity index (χ4v) is 1.39. The monoisotopic (exact) mass is 236 g/mol. The van der Waals surface area contributed by atoms with Crippen molar-refractivity contribution in [2.45, 2.75) is 0 Å². The van der Waals surface area contributed by atoms with E-state index in [4.69, 9.17) is 17.0 Å². The normalized spacial score (nSPS) is 9.38. The highest BCUT2D eigenvalue weighted by atomic mass is 32.1. The first-order valence-electron chi connectivity index (χ1n) is 4.95. The van der Waals surface area contributed by atoms with E-state index in [1.54, 1.807) is 13.2 Å². The summed E-state index contributed by atoms with van der Waals surface area (Å²) < 4.78 is 5.09. The van der Waals surface area contributed by atoms with Crippen molar-refractivity contribution in [2.75, 3.05) is 25.6 Å². The standard InChI is InChI=1S/C12H16N2OS/c1-4-9-13-12(16)14(2)10-5-7-11(15-3)8-6-10/h4-8H,1,9H2,2-3H3,(H,13,16). The summed E-state index contributed by atoms with van der Waals surface area (Å²) in [6.07, 6.45) is 1.77. The van der Waals surface area contributed by atoms with Gasteiger partial charge in [0.25, 0.3) is 0 Å². The Kier molecular flexibility index (Phi) is 4.79. The molecule has 0 amide bonds. The third-order valence-electron chi connectivity index (χ3n) is 2.16. The fourth-order valence-electron chi connectivity index (χ4n) is 1.20. The van der Waals surface area contributed by atoms with Gasteiger partial charge >= 0.3 is 0 Å². The van der Waals surface area contributed by atoms with E-state index in [1.165, 1.54) is 0 Å². The van der Waals surface area contributed by atoms with Crippen molar-refractivity contribution in [1.29, 1.82) is 0 Å². The van der Waals surface area contributed by atoms with Crippen molar-refractivity contribution in [3.63, 3.8) is 0 Å². The predicted molar refractivity (Wildman–Crippen MR) is 72.2 cm³/mol. The molecule has 0 saturated heterocycles. The van der Waals surface area contributed by atoms with E-state index in [0.717, 1.165) is 11.4 Å². The minimum Gasteiger partial charge on any atom is -0.497 e. The van der Waals surface area contributed by atoms with Gasteiger partial charge in [-0.2, -0.15) is 0 Å². The lowest BCUT2D eigenvalue weighted by atomic mass is 10.3. The molecule has 0 atom stereocenters. The lowest BCUT2D eigenvalue weighted by Gasteiger charge is -2.20. The second-order valence-electron chi connectivity index (χ2n) is 3.23. The molecule has 1 rings (SSSR count). The fraction of sp³-hybridized carbons (Fsp3) is 0.250. The number of hydrogen-bond donors (Lipinski definition) is 1. The van der Waals surface area contributed by atoms with Crippen LogP contribution in [0.2, 0.25) is 0 Å². The molecule has 0 unspecified atom stereocenters. The van der Waals surface area contributed by atoms with E-state index in [2.05, 4.69) is 11.9 Å². The number of hydrogen-bond acceptors (Lipinski definition) is 2. The van der Waals surface area contributed by atoms with Crippen LogP contribution in [0, 0.1) is 0 Å². The zero-order valence-corrected chi connectivity index (χ0v) is 10.4. The molecular weight excluding hydrogens is 220 g/mol. The smallest absolute Gasteiger partial charge is 0.173 e. The van der Waals surface area contributed by atoms with Gasteiger partial charge in [0.1, 0.15) is 5.75 Å². The van der Waals surface area contributed by atoms with E-state index in [9.17, 15) is 0 Å². The summed E-state index contributed by atoms with van der Waals surface area (Å²) in [5, 5.41) is 3.74. The lowest BCUT2D eigenvalue weighted by Crippen LogP contribution is -2.36. The summed E-state index contributed by atoms with van der Waals surface area (Å²) in [5.41, 5.74) is 1.02. The molecule has 4 heteroatoms. The van der Waals surface area contributed by atoms with Crippen LogP contribution < -0.4 is 15.0 Å². The van der Waals surface area contributed by atoms with Crippen LogP contribution in [0.3, 0.4) is 0 Å². The summed E-state index contributed by atoms with van der Waals surface area (Å²) in [5.74, 6) is 0.835. The average Bonchev–Trinajstić information content (AvgIpc) is 2.35. The van der Waals surface area contributed by atoms with Gasteiger partial charge in [-0.05, 0) is 36.5 Å². The molecule has 0 radical (unpaired) electrons. The predicted octanol–water partition coefficient (Wildman–Crippen LogP) is 2.19. The van der Waals surface area contributed by atoms with Crippen LogP contribution >= 0.6 is 12.2 Å². The molecule has 3 nitrogen and oxygen atoms in total. The first-order chi connectivity index (χ1) is 7.69. The number of methoxy groups -OCH3 is 1. The number of benzene rings is 1. The van der Waals surface area contributed by atoms with Crippen molar-refractivity contribution >= 4 is 23.0 Å². The Morgan fingerprint density at radius 2 is 2.12 bits per heavy atom. The maximum atomic E-state index is 5.22. The van der Waals surface area contributed by atoms with E-state index in [1.807, 2.05) is 36.2 Å². The molecule has 0 aliphatic rings. The Morgan fingerprint density at radius 3 is 2.62 bits per heavy atom. The molecule has 1 N–H and O–H groups in total. The highest BCUT2D eigenvalue weighted by molar-refractivity contribution is 7.80. The molecule has 16 heavy (non-hydrogen) atoms. The second-order valence-corrected chi connectivity index (χ2v) is 3.62. The minimum atomic E-state index is 0.666. The highest BCUT2D eigenvalue weighted by Gasteiger charge is 2.05. The van der Waals surface area contributed by atoms with Gasteiger partial charge < -0.3 is 15.0 Å². The summed E-state index contributed by atoms with van der Waals surface area (Å²) in [6.45, 7) is 4.30. The van der Waals surface area contributed by atoms with E-state index < -0.39 is 0 Å². The molecule has 86 valence electrons. The van der Waals surface area contributed by atoms with Crippen molar-refractivity contribution in [1.82, 2.24) is 5.32 Å². The van der Waals surface area contributed by atoms with Gasteiger partial charge in [-0.25, -0.2) is 0 Å². The Balaban J connectivity index is 2.67. The third kappa shape index (κ3) is 3.24. The van der Waals surface area contributed by atoms with Crippen LogP contribution in [0.15, 0.2) is 36.9 Å². The maximum Gasteiger partial charge on any atom is 0.173 e. The van der Waals surface area contributed by atoms with Crippen molar-refractivity contribution in [3.8, 4) is 5.75 Å². The molecule has 0 bridgehead atoms. The summed E-state index contributed by atoms with van der Waals surface area (Å²) >= 11 is 5.22. The van der Waals surface area contributed by atoms with Crippen LogP contribution in [0.4, 0.5) is 5.69 Å². The molecular formula is C12H16N2OS. The zero-order valence-electron chi connectivity index (χ0n) is 9.56. The van der Waals surface area contributed by atoms with Gasteiger partial charge in [0.2, 0.25) is 0 Å². The molecule has 0 spiro atoms. The molecule has 1 aromatic rings. The molecule has 0 saturated carbocycles. The molecule has 0 aliphatic heterocycles. The SMILES string of the molecule is C=CCNC(=S)N(C)c1ccc(OC)cc1. The Bertz CT molecular complexity index is 362. The van der Waals surface area contributed by atoms with E-state index in [0.29, 0.717) is 11.7 Å². The summed E-state index contributed by atoms with van der Waals surface area (Å²) in [4.78, 5) is 1.90. The topological polar surface area (TPSA) is 24.5 Å². The Labute approximate surface area is 102 Å². The van der Waals surface area contributed by atoms with Gasteiger partial charge in [0, 0.05) is 19.3 Å². The average molecular weight is 236 g/mol. The number of nitrogens with one attached hydrogen (secondary N) is 1. The van der Waals surface area contributed by atoms with E-state index in [-0.39, 0.29) is 0 Å². The van der Waals surface area contributed by atoms with Crippen LogP contribution in [-0.2, 0) is 0 Å². The molecule has 0 heterocycles. The van der Waals surface area contributed by atoms with Gasteiger partial charge in [-0.3, -0.25) is 0 Å². The minimum absolute atomic E-state index is 0.666. The number of ether oxygens (including phenoxy) is 1. The van der Waals surface area contributed by atoms with Crippen molar-refractivity contribution in [3.05, 3.63) is 36.9 Å². The largest absolute Gasteiger partial charge is 0.497 e. The number of thiocarbonyl (C=S) groups is 1. The summed E-state index contributed by atoms with van der Waals surface area (Å²) in [6, 6.07) is 7.73. The van der Waals surface area contributed by atoms with Crippen LogP contribution in [-0.4, -0.2) is 25.8 Å². The second kappa shape index (κ2) is 6.12. The van der Waals surface area contributed by atoms with Crippen LogP contribution in [0.25, 0.3) is 0 Å². The maximum absolute atomic E-state index is 5.22. The zero-order chi connectivity index (χ0) is 12.0. The van der Waals surface area contributed by atoms with Crippen molar-refractivity contribution < 1.29 is 4.74 Å². The van der Waals surface area contributed by atoms with Crippen LogP contribution in [0.5, 0.6) is 5.75 Å². The van der Waals surface area contributed by atoms with Crippen molar-refractivity contribution in [2.24, 2.45) is 0 Å². The lowest BCUT2D eigenvalue weighted by molar-refractivity contribution is 0.415. The quantitative estimate of drug-likeness (QED) is 0.640. The molecule has 0 aromatic heterocycles. The number of rotatable bonds is 4. The highest BCUT2D eigenvalue weighted by Crippen LogP contribution is 2.17. The van der Waals surface area contributed by atoms with Gasteiger partial charge in [-0.15, -0.1) is 6.58 Å².